The molecule has 0 aromatic heterocycles. The van der Waals surface area contributed by atoms with Crippen LogP contribution in [0.1, 0.15) is 48.9 Å². The van der Waals surface area contributed by atoms with Crippen molar-refractivity contribution in [2.45, 2.75) is 32.2 Å². The summed E-state index contributed by atoms with van der Waals surface area (Å²) in [7, 11) is 0. The van der Waals surface area contributed by atoms with Crippen molar-refractivity contribution in [1.29, 1.82) is 0 Å². The molecular formula is C27H33N2O4+. The molecule has 0 aliphatic carbocycles. The number of ketones is 1. The van der Waals surface area contributed by atoms with Crippen molar-refractivity contribution in [3.8, 4) is 0 Å². The molecule has 2 aromatic rings. The molecule has 33 heavy (non-hydrogen) atoms. The third-order valence-corrected chi connectivity index (χ3v) is 6.64. The van der Waals surface area contributed by atoms with Gasteiger partial charge in [0.1, 0.15) is 18.8 Å². The van der Waals surface area contributed by atoms with Crippen LogP contribution in [0.25, 0.3) is 5.76 Å². The molecular weight excluding hydrogens is 416 g/mol. The van der Waals surface area contributed by atoms with Crippen LogP contribution in [0, 0.1) is 0 Å². The van der Waals surface area contributed by atoms with Crippen LogP contribution < -0.4 is 4.90 Å². The number of rotatable bonds is 7. The minimum Gasteiger partial charge on any atom is -0.507 e. The highest BCUT2D eigenvalue weighted by Crippen LogP contribution is 2.39. The van der Waals surface area contributed by atoms with E-state index in [0.717, 1.165) is 44.8 Å². The monoisotopic (exact) mass is 449 g/mol. The van der Waals surface area contributed by atoms with Crippen LogP contribution in [0.2, 0.25) is 0 Å². The Bertz CT molecular complexity index is 1010. The Morgan fingerprint density at radius 3 is 2.36 bits per heavy atom. The van der Waals surface area contributed by atoms with Crippen molar-refractivity contribution in [2.75, 3.05) is 39.4 Å². The number of hydrogen-bond acceptors (Lipinski definition) is 4. The molecule has 6 nitrogen and oxygen atoms in total. The van der Waals surface area contributed by atoms with Gasteiger partial charge in [-0.3, -0.25) is 9.59 Å². The molecule has 2 aliphatic heterocycles. The Balaban J connectivity index is 1.66. The van der Waals surface area contributed by atoms with E-state index in [1.807, 2.05) is 42.5 Å². The summed E-state index contributed by atoms with van der Waals surface area (Å²) in [4.78, 5) is 29.3. The van der Waals surface area contributed by atoms with E-state index in [2.05, 4.69) is 13.8 Å². The number of hydrogen-bond donors (Lipinski definition) is 2. The zero-order chi connectivity index (χ0) is 23.4. The highest BCUT2D eigenvalue weighted by atomic mass is 16.5. The number of nitrogens with one attached hydrogen (secondary N) is 1. The minimum atomic E-state index is -0.618. The molecule has 0 bridgehead atoms. The van der Waals surface area contributed by atoms with E-state index in [1.165, 1.54) is 10.5 Å². The molecule has 2 N–H and O–H groups in total. The van der Waals surface area contributed by atoms with Crippen molar-refractivity contribution in [3.05, 3.63) is 76.9 Å². The largest absolute Gasteiger partial charge is 0.507 e. The van der Waals surface area contributed by atoms with Crippen LogP contribution in [0.4, 0.5) is 0 Å². The third kappa shape index (κ3) is 5.02. The van der Waals surface area contributed by atoms with Gasteiger partial charge in [0.05, 0.1) is 31.4 Å². The summed E-state index contributed by atoms with van der Waals surface area (Å²) in [5, 5.41) is 11.1. The minimum absolute atomic E-state index is 0.117. The van der Waals surface area contributed by atoms with Gasteiger partial charge in [-0.15, -0.1) is 0 Å². The van der Waals surface area contributed by atoms with Crippen LogP contribution in [0.15, 0.2) is 60.2 Å². The zero-order valence-corrected chi connectivity index (χ0v) is 19.4. The number of carbonyl (C=O) groups excluding carboxylic acids is 2. The van der Waals surface area contributed by atoms with Gasteiger partial charge in [0, 0.05) is 18.5 Å². The molecule has 0 saturated carbocycles. The normalized spacial score (nSPS) is 21.2. The van der Waals surface area contributed by atoms with E-state index in [4.69, 9.17) is 4.74 Å². The summed E-state index contributed by atoms with van der Waals surface area (Å²) in [6.45, 7) is 9.11. The molecule has 1 atom stereocenters. The lowest BCUT2D eigenvalue weighted by atomic mass is 9.93. The number of Topliss-reactive ketones (excluding diaryl/α,β-unsaturated/α-hetero) is 1. The molecule has 2 saturated heterocycles. The van der Waals surface area contributed by atoms with Crippen molar-refractivity contribution in [1.82, 2.24) is 4.90 Å². The second-order valence-corrected chi connectivity index (χ2v) is 9.15. The molecule has 2 aliphatic rings. The molecule has 4 rings (SSSR count). The molecule has 174 valence electrons. The topological polar surface area (TPSA) is 71.3 Å². The number of quaternary nitrogens is 1. The van der Waals surface area contributed by atoms with Crippen LogP contribution in [-0.2, 0) is 14.3 Å². The van der Waals surface area contributed by atoms with Gasteiger partial charge < -0.3 is 19.6 Å². The van der Waals surface area contributed by atoms with E-state index >= 15 is 0 Å². The highest BCUT2D eigenvalue weighted by Gasteiger charge is 2.45. The summed E-state index contributed by atoms with van der Waals surface area (Å²) in [6, 6.07) is 16.4. The van der Waals surface area contributed by atoms with E-state index < -0.39 is 17.7 Å². The van der Waals surface area contributed by atoms with Crippen molar-refractivity contribution < 1.29 is 24.3 Å². The van der Waals surface area contributed by atoms with Crippen LogP contribution in [0.5, 0.6) is 0 Å². The van der Waals surface area contributed by atoms with Gasteiger partial charge in [-0.05, 0) is 17.0 Å². The number of aliphatic hydroxyl groups excluding tert-OH is 1. The fraction of sp³-hybridized carbons (Fsp3) is 0.407. The highest BCUT2D eigenvalue weighted by molar-refractivity contribution is 6.46. The predicted molar refractivity (Wildman–Crippen MR) is 127 cm³/mol. The van der Waals surface area contributed by atoms with Gasteiger partial charge in [0.15, 0.2) is 0 Å². The first-order valence-electron chi connectivity index (χ1n) is 11.8. The standard InChI is InChI=1S/C27H32N2O4/c1-19(2)20-9-11-21(12-10-20)24-23(25(30)22-7-4-3-5-8-22)26(31)27(32)29(24)14-6-13-28-15-17-33-18-16-28/h3-5,7-12,19,24,30H,6,13-18H2,1-2H3/p+1. The lowest BCUT2D eigenvalue weighted by Gasteiger charge is -2.27. The smallest absolute Gasteiger partial charge is 0.295 e. The van der Waals surface area contributed by atoms with E-state index in [-0.39, 0.29) is 11.3 Å². The number of carbonyl (C=O) groups is 2. The fourth-order valence-electron chi connectivity index (χ4n) is 4.68. The lowest BCUT2D eigenvalue weighted by Crippen LogP contribution is -3.14. The maximum absolute atomic E-state index is 13.1. The van der Waals surface area contributed by atoms with Crippen LogP contribution in [0.3, 0.4) is 0 Å². The second-order valence-electron chi connectivity index (χ2n) is 9.15. The summed E-state index contributed by atoms with van der Waals surface area (Å²) in [5.41, 5.74) is 2.74. The molecule has 1 unspecified atom stereocenters. The van der Waals surface area contributed by atoms with Crippen molar-refractivity contribution in [2.24, 2.45) is 0 Å². The Kier molecular flexibility index (Phi) is 7.26. The van der Waals surface area contributed by atoms with Gasteiger partial charge in [-0.2, -0.15) is 0 Å². The Morgan fingerprint density at radius 1 is 1.06 bits per heavy atom. The number of likely N-dealkylation sites (tertiary alicyclic amines) is 1. The van der Waals surface area contributed by atoms with Crippen LogP contribution >= 0.6 is 0 Å². The van der Waals surface area contributed by atoms with Gasteiger partial charge in [0.25, 0.3) is 11.7 Å². The fourth-order valence-corrected chi connectivity index (χ4v) is 4.68. The number of amides is 1. The second kappa shape index (κ2) is 10.3. The summed E-state index contributed by atoms with van der Waals surface area (Å²) in [5.74, 6) is -0.894. The number of aliphatic hydroxyl groups is 1. The first-order chi connectivity index (χ1) is 16.0. The zero-order valence-electron chi connectivity index (χ0n) is 19.4. The predicted octanol–water partition coefficient (Wildman–Crippen LogP) is 2.54. The summed E-state index contributed by atoms with van der Waals surface area (Å²) >= 11 is 0. The first-order valence-corrected chi connectivity index (χ1v) is 11.8. The Hall–Kier alpha value is -2.96. The molecule has 2 heterocycles. The molecule has 2 aromatic carbocycles. The van der Waals surface area contributed by atoms with E-state index in [0.29, 0.717) is 18.0 Å². The maximum atomic E-state index is 13.1. The first kappa shape index (κ1) is 23.2. The van der Waals surface area contributed by atoms with Crippen molar-refractivity contribution in [3.63, 3.8) is 0 Å². The summed E-state index contributed by atoms with van der Waals surface area (Å²) in [6.07, 6.45) is 0.786. The lowest BCUT2D eigenvalue weighted by molar-refractivity contribution is -0.908. The Morgan fingerprint density at radius 2 is 1.73 bits per heavy atom. The molecule has 0 radical (unpaired) electrons. The third-order valence-electron chi connectivity index (χ3n) is 6.64. The SMILES string of the molecule is CC(C)c1ccc(C2C(=C(O)c3ccccc3)C(=O)C(=O)N2CCC[NH+]2CCOCC2)cc1. The number of morpholine rings is 1. The summed E-state index contributed by atoms with van der Waals surface area (Å²) < 4.78 is 5.43. The molecule has 2 fully saturated rings. The number of ether oxygens (including phenoxy) is 1. The van der Waals surface area contributed by atoms with Gasteiger partial charge in [-0.1, -0.05) is 68.4 Å². The van der Waals surface area contributed by atoms with E-state index in [1.54, 1.807) is 17.0 Å². The molecule has 0 spiro atoms. The Labute approximate surface area is 195 Å². The molecule has 6 heteroatoms. The quantitative estimate of drug-likeness (QED) is 0.387. The maximum Gasteiger partial charge on any atom is 0.295 e. The average molecular weight is 450 g/mol. The van der Waals surface area contributed by atoms with Crippen molar-refractivity contribution >= 4 is 17.4 Å². The number of benzene rings is 2. The van der Waals surface area contributed by atoms with E-state index in [9.17, 15) is 14.7 Å². The van der Waals surface area contributed by atoms with Crippen LogP contribution in [-0.4, -0.2) is 61.1 Å². The van der Waals surface area contributed by atoms with Gasteiger partial charge in [0.2, 0.25) is 0 Å². The van der Waals surface area contributed by atoms with Gasteiger partial charge in [-0.25, -0.2) is 0 Å². The number of nitrogens with zero attached hydrogens (tertiary/aromatic N) is 1. The average Bonchev–Trinajstić information content (AvgIpc) is 3.10. The van der Waals surface area contributed by atoms with Gasteiger partial charge >= 0.3 is 0 Å². The molecule has 1 amide bonds.